The van der Waals surface area contributed by atoms with Crippen molar-refractivity contribution in [3.8, 4) is 11.5 Å². The Kier molecular flexibility index (Phi) is 4.10. The van der Waals surface area contributed by atoms with Gasteiger partial charge in [-0.25, -0.2) is 0 Å². The second-order valence-corrected chi connectivity index (χ2v) is 5.26. The summed E-state index contributed by atoms with van der Waals surface area (Å²) in [7, 11) is 0. The first kappa shape index (κ1) is 14.5. The Morgan fingerprint density at radius 2 is 1.35 bits per heavy atom. The summed E-state index contributed by atoms with van der Waals surface area (Å²) in [6.45, 7) is 0. The Labute approximate surface area is 115 Å². The van der Waals surface area contributed by atoms with Crippen molar-refractivity contribution < 1.29 is 27.6 Å². The van der Waals surface area contributed by atoms with Crippen molar-refractivity contribution in [2.75, 3.05) is 0 Å². The predicted octanol–water partition coefficient (Wildman–Crippen LogP) is 3.46. The van der Waals surface area contributed by atoms with Crippen molar-refractivity contribution in [2.45, 2.75) is 16.2 Å². The monoisotopic (exact) mass is 302 g/mol. The molecule has 0 aromatic heterocycles. The molecule has 1 unspecified atom stereocenters. The summed E-state index contributed by atoms with van der Waals surface area (Å²) in [6.07, 6.45) is -4.75. The van der Waals surface area contributed by atoms with Crippen LogP contribution in [0.4, 0.5) is 13.2 Å². The molecule has 106 valence electrons. The van der Waals surface area contributed by atoms with Crippen LogP contribution < -0.4 is 4.74 Å². The highest BCUT2D eigenvalue weighted by molar-refractivity contribution is 7.91. The fourth-order valence-electron chi connectivity index (χ4n) is 1.47. The molecule has 2 rings (SSSR count). The molecule has 0 aliphatic heterocycles. The smallest absolute Gasteiger partial charge is 0.573 e. The van der Waals surface area contributed by atoms with E-state index in [-0.39, 0.29) is 11.5 Å². The second-order valence-electron chi connectivity index (χ2n) is 3.78. The van der Waals surface area contributed by atoms with Gasteiger partial charge in [-0.3, -0.25) is 0 Å². The normalized spacial score (nSPS) is 13.0. The first-order chi connectivity index (χ1) is 9.35. The molecule has 2 aromatic carbocycles. The first-order valence-electron chi connectivity index (χ1n) is 5.42. The maximum absolute atomic E-state index is 12.1. The molecule has 0 amide bonds. The van der Waals surface area contributed by atoms with Gasteiger partial charge in [0.15, 0.2) is 9.79 Å². The minimum absolute atomic E-state index is 0.0414. The molecule has 0 bridgehead atoms. The van der Waals surface area contributed by atoms with Crippen LogP contribution in [-0.2, 0) is 11.2 Å². The van der Waals surface area contributed by atoms with E-state index < -0.39 is 17.5 Å². The van der Waals surface area contributed by atoms with Gasteiger partial charge in [-0.05, 0) is 48.5 Å². The third kappa shape index (κ3) is 3.82. The molecule has 0 saturated heterocycles. The fourth-order valence-corrected chi connectivity index (χ4v) is 2.51. The highest BCUT2D eigenvalue weighted by Crippen LogP contribution is 2.27. The number of alkyl halides is 3. The lowest BCUT2D eigenvalue weighted by Crippen LogP contribution is -2.17. The molecule has 1 N–H and O–H groups in total. The fraction of sp³-hybridized carbons (Fsp3) is 0.0769. The van der Waals surface area contributed by atoms with Crippen LogP contribution in [0.25, 0.3) is 0 Å². The molecule has 0 aliphatic carbocycles. The zero-order valence-corrected chi connectivity index (χ0v) is 10.7. The second kappa shape index (κ2) is 5.64. The van der Waals surface area contributed by atoms with Crippen LogP contribution in [-0.4, -0.2) is 16.0 Å². The summed E-state index contributed by atoms with van der Waals surface area (Å²) in [5, 5.41) is 9.13. The van der Waals surface area contributed by atoms with Crippen molar-refractivity contribution in [1.82, 2.24) is 0 Å². The van der Waals surface area contributed by atoms with Gasteiger partial charge >= 0.3 is 6.36 Å². The summed E-state index contributed by atoms with van der Waals surface area (Å²) in [4.78, 5) is 0.775. The van der Waals surface area contributed by atoms with Crippen LogP contribution in [0.5, 0.6) is 11.5 Å². The number of phenols is 1. The number of rotatable bonds is 3. The average Bonchev–Trinajstić information content (AvgIpc) is 2.38. The molecule has 3 nitrogen and oxygen atoms in total. The van der Waals surface area contributed by atoms with E-state index in [1.54, 1.807) is 0 Å². The van der Waals surface area contributed by atoms with Crippen LogP contribution >= 0.6 is 0 Å². The van der Waals surface area contributed by atoms with E-state index in [4.69, 9.17) is 5.11 Å². The number of phenolic OH excluding ortho intramolecular Hbond substituents is 1. The molecule has 0 heterocycles. The summed E-state index contributed by atoms with van der Waals surface area (Å²) >= 11 is -1.53. The van der Waals surface area contributed by atoms with Gasteiger partial charge < -0.3 is 14.4 Å². The highest BCUT2D eigenvalue weighted by Gasteiger charge is 2.31. The Balaban J connectivity index is 2.15. The zero-order chi connectivity index (χ0) is 14.8. The van der Waals surface area contributed by atoms with E-state index in [0.717, 1.165) is 12.1 Å². The third-order valence-electron chi connectivity index (χ3n) is 2.32. The van der Waals surface area contributed by atoms with Crippen LogP contribution in [0.1, 0.15) is 0 Å². The van der Waals surface area contributed by atoms with Gasteiger partial charge in [-0.2, -0.15) is 0 Å². The van der Waals surface area contributed by atoms with E-state index >= 15 is 0 Å². The van der Waals surface area contributed by atoms with Gasteiger partial charge in [0.2, 0.25) is 0 Å². The average molecular weight is 302 g/mol. The Morgan fingerprint density at radius 1 is 0.900 bits per heavy atom. The van der Waals surface area contributed by atoms with Crippen LogP contribution in [0.3, 0.4) is 0 Å². The van der Waals surface area contributed by atoms with E-state index in [0.29, 0.717) is 9.79 Å². The summed E-state index contributed by atoms with van der Waals surface area (Å²) in [5.41, 5.74) is 0. The molecule has 0 spiro atoms. The van der Waals surface area contributed by atoms with Crippen molar-refractivity contribution >= 4 is 11.2 Å². The van der Waals surface area contributed by atoms with Crippen molar-refractivity contribution in [2.24, 2.45) is 0 Å². The first-order valence-corrected chi connectivity index (χ1v) is 6.57. The number of ether oxygens (including phenoxy) is 1. The molecular formula is C13H9F3O3S. The Morgan fingerprint density at radius 3 is 1.80 bits per heavy atom. The van der Waals surface area contributed by atoms with Crippen molar-refractivity contribution in [1.29, 1.82) is 0 Å². The molecule has 7 heteroatoms. The Hall–Kier alpha value is -1.86. The minimum atomic E-state index is -4.75. The maximum atomic E-state index is 12.1. The summed E-state index contributed by atoms with van der Waals surface area (Å²) in [5.74, 6) is -0.330. The number of hydrogen-bond donors (Lipinski definition) is 1. The molecule has 0 radical (unpaired) electrons. The molecule has 0 aliphatic rings. The van der Waals surface area contributed by atoms with Gasteiger partial charge in [0, 0.05) is 11.2 Å². The lowest BCUT2D eigenvalue weighted by atomic mass is 10.3. The lowest BCUT2D eigenvalue weighted by Gasteiger charge is -2.11. The van der Waals surface area contributed by atoms with Gasteiger partial charge in [0.05, 0.1) is 0 Å². The third-order valence-corrected chi connectivity index (χ3v) is 3.72. The number of benzene rings is 2. The minimum Gasteiger partial charge on any atom is -0.606 e. The maximum Gasteiger partial charge on any atom is 0.573 e. The molecule has 2 aromatic rings. The largest absolute Gasteiger partial charge is 0.606 e. The van der Waals surface area contributed by atoms with Gasteiger partial charge in [0.1, 0.15) is 11.5 Å². The number of aromatic hydroxyl groups is 1. The highest BCUT2D eigenvalue weighted by atomic mass is 32.2. The molecule has 1 atom stereocenters. The molecular weight excluding hydrogens is 293 g/mol. The van der Waals surface area contributed by atoms with Crippen LogP contribution in [0.15, 0.2) is 58.3 Å². The van der Waals surface area contributed by atoms with Crippen LogP contribution in [0, 0.1) is 0 Å². The molecule has 20 heavy (non-hydrogen) atoms. The van der Waals surface area contributed by atoms with E-state index in [9.17, 15) is 17.7 Å². The van der Waals surface area contributed by atoms with E-state index in [1.807, 2.05) is 0 Å². The van der Waals surface area contributed by atoms with E-state index in [2.05, 4.69) is 4.74 Å². The quantitative estimate of drug-likeness (QED) is 0.883. The van der Waals surface area contributed by atoms with Crippen molar-refractivity contribution in [3.05, 3.63) is 48.5 Å². The number of halogens is 3. The predicted molar refractivity (Wildman–Crippen MR) is 65.9 cm³/mol. The zero-order valence-electron chi connectivity index (χ0n) is 9.92. The molecule has 0 saturated carbocycles. The van der Waals surface area contributed by atoms with Crippen LogP contribution in [0.2, 0.25) is 0 Å². The van der Waals surface area contributed by atoms with Gasteiger partial charge in [-0.15, -0.1) is 13.2 Å². The van der Waals surface area contributed by atoms with Crippen molar-refractivity contribution in [3.63, 3.8) is 0 Å². The van der Waals surface area contributed by atoms with Gasteiger partial charge in [0.25, 0.3) is 0 Å². The molecule has 0 fully saturated rings. The lowest BCUT2D eigenvalue weighted by molar-refractivity contribution is -0.274. The Bertz CT molecular complexity index is 567. The summed E-state index contributed by atoms with van der Waals surface area (Å²) < 4.78 is 51.8. The standard InChI is InChI=1S/C13H9F3O3S/c14-13(15,16)19-10-3-7-12(8-4-10)20(18)11-5-1-9(17)2-6-11/h1-8,17H. The van der Waals surface area contributed by atoms with Gasteiger partial charge in [-0.1, -0.05) is 0 Å². The topological polar surface area (TPSA) is 52.5 Å². The van der Waals surface area contributed by atoms with E-state index in [1.165, 1.54) is 36.4 Å². The number of hydrogen-bond acceptors (Lipinski definition) is 3. The SMILES string of the molecule is [O-][S+](c1ccc(O)cc1)c1ccc(OC(F)(F)F)cc1. The summed E-state index contributed by atoms with van der Waals surface area (Å²) in [6, 6.07) is 10.5.